The normalized spacial score (nSPS) is 10.4. The third-order valence-electron chi connectivity index (χ3n) is 2.54. The van der Waals surface area contributed by atoms with Gasteiger partial charge in [0.25, 0.3) is 0 Å². The van der Waals surface area contributed by atoms with Crippen LogP contribution in [-0.4, -0.2) is 6.29 Å². The van der Waals surface area contributed by atoms with Crippen molar-refractivity contribution in [3.8, 4) is 5.75 Å². The number of hydrogen-bond donors (Lipinski definition) is 0. The third kappa shape index (κ3) is 3.19. The first-order valence-electron chi connectivity index (χ1n) is 5.52. The fraction of sp³-hybridized carbons (Fsp3) is 0.0714. The van der Waals surface area contributed by atoms with E-state index in [9.17, 15) is 18.0 Å². The Kier molecular flexibility index (Phi) is 4.44. The monoisotopic (exact) mass is 344 g/mol. The lowest BCUT2D eigenvalue weighted by molar-refractivity contribution is 0.112. The van der Waals surface area contributed by atoms with Crippen molar-refractivity contribution in [1.29, 1.82) is 0 Å². The summed E-state index contributed by atoms with van der Waals surface area (Å²) in [6.07, 6.45) is 0.323. The van der Waals surface area contributed by atoms with E-state index in [-0.39, 0.29) is 17.7 Å². The Hall–Kier alpha value is -1.82. The summed E-state index contributed by atoms with van der Waals surface area (Å²) in [7, 11) is 0. The van der Waals surface area contributed by atoms with Gasteiger partial charge in [0.2, 0.25) is 0 Å². The molecule has 104 valence electrons. The van der Waals surface area contributed by atoms with Crippen LogP contribution in [0.25, 0.3) is 0 Å². The Labute approximate surface area is 121 Å². The van der Waals surface area contributed by atoms with Gasteiger partial charge in [0.1, 0.15) is 18.7 Å². The first kappa shape index (κ1) is 14.6. The molecule has 0 heterocycles. The minimum absolute atomic E-state index is 0.138. The van der Waals surface area contributed by atoms with E-state index in [1.165, 1.54) is 18.2 Å². The zero-order chi connectivity index (χ0) is 14.7. The van der Waals surface area contributed by atoms with Crippen molar-refractivity contribution in [2.45, 2.75) is 6.61 Å². The van der Waals surface area contributed by atoms with Gasteiger partial charge in [-0.3, -0.25) is 4.79 Å². The van der Waals surface area contributed by atoms with E-state index in [2.05, 4.69) is 15.9 Å². The number of halogens is 4. The molecule has 0 bridgehead atoms. The van der Waals surface area contributed by atoms with Gasteiger partial charge in [-0.05, 0) is 30.3 Å². The van der Waals surface area contributed by atoms with Gasteiger partial charge in [-0.2, -0.15) is 0 Å². The molecule has 0 amide bonds. The summed E-state index contributed by atoms with van der Waals surface area (Å²) in [5, 5.41) is 0. The van der Waals surface area contributed by atoms with Crippen molar-refractivity contribution < 1.29 is 22.7 Å². The number of hydrogen-bond acceptors (Lipinski definition) is 2. The molecule has 0 aromatic heterocycles. The van der Waals surface area contributed by atoms with E-state index in [0.717, 1.165) is 12.1 Å². The van der Waals surface area contributed by atoms with Crippen LogP contribution in [0.15, 0.2) is 34.8 Å². The van der Waals surface area contributed by atoms with E-state index >= 15 is 0 Å². The van der Waals surface area contributed by atoms with Crippen LogP contribution in [0.5, 0.6) is 5.75 Å². The lowest BCUT2D eigenvalue weighted by Crippen LogP contribution is -2.03. The van der Waals surface area contributed by atoms with Gasteiger partial charge in [0.15, 0.2) is 17.4 Å². The Bertz CT molecular complexity index is 636. The molecule has 0 aliphatic heterocycles. The molecule has 2 nitrogen and oxygen atoms in total. The van der Waals surface area contributed by atoms with Crippen LogP contribution >= 0.6 is 15.9 Å². The third-order valence-corrected chi connectivity index (χ3v) is 3.03. The number of aldehydes is 1. The van der Waals surface area contributed by atoms with Crippen molar-refractivity contribution in [2.24, 2.45) is 0 Å². The molecular weight excluding hydrogens is 337 g/mol. The van der Waals surface area contributed by atoms with Crippen LogP contribution in [-0.2, 0) is 6.61 Å². The number of rotatable bonds is 4. The Morgan fingerprint density at radius 3 is 2.30 bits per heavy atom. The van der Waals surface area contributed by atoms with Crippen LogP contribution < -0.4 is 4.74 Å². The molecule has 6 heteroatoms. The summed E-state index contributed by atoms with van der Waals surface area (Å²) in [6, 6.07) is 5.86. The highest BCUT2D eigenvalue weighted by molar-refractivity contribution is 9.10. The van der Waals surface area contributed by atoms with Gasteiger partial charge in [-0.1, -0.05) is 15.9 Å². The molecular formula is C14H8BrF3O2. The summed E-state index contributed by atoms with van der Waals surface area (Å²) in [5.74, 6) is -3.21. The Morgan fingerprint density at radius 2 is 1.70 bits per heavy atom. The molecule has 0 atom stereocenters. The average Bonchev–Trinajstić information content (AvgIpc) is 2.41. The fourth-order valence-electron chi connectivity index (χ4n) is 1.59. The van der Waals surface area contributed by atoms with Gasteiger partial charge in [0.05, 0.1) is 0 Å². The van der Waals surface area contributed by atoms with Crippen molar-refractivity contribution in [1.82, 2.24) is 0 Å². The fourth-order valence-corrected chi connectivity index (χ4v) is 2.00. The molecule has 0 fully saturated rings. The van der Waals surface area contributed by atoms with E-state index in [1.54, 1.807) is 0 Å². The molecule has 0 aliphatic carbocycles. The summed E-state index contributed by atoms with van der Waals surface area (Å²) >= 11 is 3.16. The highest BCUT2D eigenvalue weighted by Crippen LogP contribution is 2.25. The van der Waals surface area contributed by atoms with Gasteiger partial charge in [-0.15, -0.1) is 0 Å². The highest BCUT2D eigenvalue weighted by atomic mass is 79.9. The van der Waals surface area contributed by atoms with E-state index in [4.69, 9.17) is 4.74 Å². The molecule has 0 N–H and O–H groups in total. The summed E-state index contributed by atoms with van der Waals surface area (Å²) in [5.41, 5.74) is 0.0126. The quantitative estimate of drug-likeness (QED) is 0.774. The maximum Gasteiger partial charge on any atom is 0.191 e. The summed E-state index contributed by atoms with van der Waals surface area (Å²) < 4.78 is 46.1. The van der Waals surface area contributed by atoms with Gasteiger partial charge in [0, 0.05) is 15.6 Å². The minimum atomic E-state index is -1.01. The van der Waals surface area contributed by atoms with E-state index < -0.39 is 23.2 Å². The molecule has 0 unspecified atom stereocenters. The molecule has 0 radical (unpaired) electrons. The molecule has 0 saturated carbocycles. The number of benzene rings is 2. The van der Waals surface area contributed by atoms with E-state index in [1.807, 2.05) is 0 Å². The second kappa shape index (κ2) is 6.09. The first-order valence-corrected chi connectivity index (χ1v) is 6.31. The van der Waals surface area contributed by atoms with Gasteiger partial charge < -0.3 is 4.74 Å². The van der Waals surface area contributed by atoms with Crippen LogP contribution in [0.2, 0.25) is 0 Å². The zero-order valence-electron chi connectivity index (χ0n) is 10.00. The van der Waals surface area contributed by atoms with Crippen LogP contribution in [0, 0.1) is 17.5 Å². The van der Waals surface area contributed by atoms with Crippen LogP contribution in [0.4, 0.5) is 13.2 Å². The molecule has 0 spiro atoms. The minimum Gasteiger partial charge on any atom is -0.483 e. The zero-order valence-corrected chi connectivity index (χ0v) is 11.6. The second-order valence-corrected chi connectivity index (χ2v) is 4.87. The first-order chi connectivity index (χ1) is 9.51. The predicted molar refractivity (Wildman–Crippen MR) is 70.2 cm³/mol. The van der Waals surface area contributed by atoms with Crippen molar-refractivity contribution >= 4 is 22.2 Å². The highest BCUT2D eigenvalue weighted by Gasteiger charge is 2.14. The second-order valence-electron chi connectivity index (χ2n) is 3.96. The van der Waals surface area contributed by atoms with Crippen LogP contribution in [0.3, 0.4) is 0 Å². The molecule has 2 aromatic rings. The predicted octanol–water partition coefficient (Wildman–Crippen LogP) is 4.26. The maximum atomic E-state index is 13.6. The molecule has 2 rings (SSSR count). The molecule has 0 aliphatic rings. The molecule has 20 heavy (non-hydrogen) atoms. The van der Waals surface area contributed by atoms with E-state index in [0.29, 0.717) is 10.8 Å². The Morgan fingerprint density at radius 1 is 1.05 bits per heavy atom. The van der Waals surface area contributed by atoms with Crippen molar-refractivity contribution in [3.63, 3.8) is 0 Å². The van der Waals surface area contributed by atoms with Crippen LogP contribution in [0.1, 0.15) is 15.9 Å². The number of carbonyl (C=O) groups excluding carboxylic acids is 1. The summed E-state index contributed by atoms with van der Waals surface area (Å²) in [4.78, 5) is 10.5. The smallest absolute Gasteiger partial charge is 0.191 e. The summed E-state index contributed by atoms with van der Waals surface area (Å²) in [6.45, 7) is -0.334. The topological polar surface area (TPSA) is 26.3 Å². The van der Waals surface area contributed by atoms with Crippen molar-refractivity contribution in [3.05, 3.63) is 63.4 Å². The largest absolute Gasteiger partial charge is 0.483 e. The number of carbonyl (C=O) groups is 1. The standard InChI is InChI=1S/C14H8BrF3O2/c15-10-1-2-11(16)9(5-10)7-20-14-12(17)3-8(6-19)4-13(14)18/h1-6H,7H2. The lowest BCUT2D eigenvalue weighted by atomic mass is 10.2. The van der Waals surface area contributed by atoms with Crippen molar-refractivity contribution in [2.75, 3.05) is 0 Å². The molecule has 2 aromatic carbocycles. The average molecular weight is 345 g/mol. The Balaban J connectivity index is 2.23. The van der Waals surface area contributed by atoms with Gasteiger partial charge in [-0.25, -0.2) is 13.2 Å². The lowest BCUT2D eigenvalue weighted by Gasteiger charge is -2.10. The number of ether oxygens (including phenoxy) is 1. The SMILES string of the molecule is O=Cc1cc(F)c(OCc2cc(Br)ccc2F)c(F)c1. The van der Waals surface area contributed by atoms with Gasteiger partial charge >= 0.3 is 0 Å². The molecule has 0 saturated heterocycles. The maximum absolute atomic E-state index is 13.6.